The molecule has 0 aromatic rings. The fraction of sp³-hybridized carbons (Fsp3) is 0.869. The van der Waals surface area contributed by atoms with Gasteiger partial charge in [0.25, 0.3) is 0 Å². The summed E-state index contributed by atoms with van der Waals surface area (Å²) in [5.74, 6) is -3.09. The van der Waals surface area contributed by atoms with E-state index in [1.54, 1.807) is 0 Å². The quantitative estimate of drug-likeness (QED) is 0.0228. The highest BCUT2D eigenvalue weighted by molar-refractivity contribution is 5.74. The van der Waals surface area contributed by atoms with E-state index in [2.05, 4.69) is 45.1 Å². The van der Waals surface area contributed by atoms with Crippen LogP contribution in [-0.4, -0.2) is 89.2 Å². The molecular formula is C61H110O12. The van der Waals surface area contributed by atoms with E-state index in [9.17, 15) is 34.5 Å². The molecule has 12 heteroatoms. The number of ether oxygens (including phenoxy) is 5. The average molecular weight is 1040 g/mol. The highest BCUT2D eigenvalue weighted by Crippen LogP contribution is 2.27. The number of carboxylic acids is 1. The predicted octanol–water partition coefficient (Wildman–Crippen LogP) is 15.5. The van der Waals surface area contributed by atoms with Gasteiger partial charge in [0, 0.05) is 19.3 Å². The van der Waals surface area contributed by atoms with Gasteiger partial charge in [-0.15, -0.1) is 0 Å². The third-order valence-corrected chi connectivity index (χ3v) is 14.0. The summed E-state index contributed by atoms with van der Waals surface area (Å²) in [6.45, 7) is 5.97. The van der Waals surface area contributed by atoms with Crippen molar-refractivity contribution in [3.8, 4) is 0 Å². The number of aliphatic hydroxyl groups excluding tert-OH is 2. The van der Waals surface area contributed by atoms with Crippen LogP contribution in [0.15, 0.2) is 24.3 Å². The lowest BCUT2D eigenvalue weighted by Crippen LogP contribution is -2.61. The third-order valence-electron chi connectivity index (χ3n) is 14.0. The molecule has 1 aliphatic heterocycles. The molecule has 73 heavy (non-hydrogen) atoms. The summed E-state index contributed by atoms with van der Waals surface area (Å²) in [6, 6.07) is 0. The Balaban J connectivity index is 2.61. The van der Waals surface area contributed by atoms with Gasteiger partial charge in [-0.25, -0.2) is 4.79 Å². The van der Waals surface area contributed by atoms with Crippen LogP contribution in [0.1, 0.15) is 290 Å². The van der Waals surface area contributed by atoms with E-state index < -0.39 is 67.3 Å². The lowest BCUT2D eigenvalue weighted by molar-refractivity contribution is -0.301. The van der Waals surface area contributed by atoms with Crippen LogP contribution in [0.5, 0.6) is 0 Å². The number of unbranched alkanes of at least 4 members (excludes halogenated alkanes) is 34. The van der Waals surface area contributed by atoms with Crippen LogP contribution in [0.25, 0.3) is 0 Å². The predicted molar refractivity (Wildman–Crippen MR) is 294 cm³/mol. The van der Waals surface area contributed by atoms with Crippen LogP contribution >= 0.6 is 0 Å². The zero-order valence-electron chi connectivity index (χ0n) is 46.9. The lowest BCUT2D eigenvalue weighted by Gasteiger charge is -2.40. The van der Waals surface area contributed by atoms with E-state index in [0.29, 0.717) is 19.3 Å². The highest BCUT2D eigenvalue weighted by Gasteiger charge is 2.50. The number of allylic oxidation sites excluding steroid dienone is 4. The Kier molecular flexibility index (Phi) is 46.8. The van der Waals surface area contributed by atoms with Crippen molar-refractivity contribution < 1.29 is 58.2 Å². The lowest BCUT2D eigenvalue weighted by atomic mass is 9.98. The van der Waals surface area contributed by atoms with Gasteiger partial charge in [0.2, 0.25) is 0 Å². The maximum Gasteiger partial charge on any atom is 0.335 e. The number of esters is 3. The molecule has 0 bridgehead atoms. The smallest absolute Gasteiger partial charge is 0.335 e. The summed E-state index contributed by atoms with van der Waals surface area (Å²) in [7, 11) is 0. The molecule has 0 radical (unpaired) electrons. The van der Waals surface area contributed by atoms with Gasteiger partial charge in [0.15, 0.2) is 24.6 Å². The largest absolute Gasteiger partial charge is 0.479 e. The maximum atomic E-state index is 13.1. The first-order valence-corrected chi connectivity index (χ1v) is 30.3. The minimum Gasteiger partial charge on any atom is -0.479 e. The Bertz CT molecular complexity index is 1370. The SMILES string of the molecule is CCCCC/C=C\C/C=C\CCCCCCCCCCCC(=O)OCC(COC1OC(C(=O)O)C(O)C(O)C1OC(=O)CCCCCCCCCCCCCCCCC)OC(=O)CCCCCCCCCCC. The van der Waals surface area contributed by atoms with E-state index in [1.165, 1.54) is 161 Å². The molecule has 0 aromatic carbocycles. The number of rotatable bonds is 52. The maximum absolute atomic E-state index is 13.1. The van der Waals surface area contributed by atoms with Gasteiger partial charge in [-0.3, -0.25) is 14.4 Å². The number of hydrogen-bond acceptors (Lipinski definition) is 11. The monoisotopic (exact) mass is 1030 g/mol. The van der Waals surface area contributed by atoms with Gasteiger partial charge in [0.05, 0.1) is 6.61 Å². The molecule has 0 spiro atoms. The summed E-state index contributed by atoms with van der Waals surface area (Å²) in [5.41, 5.74) is 0. The molecule has 12 nitrogen and oxygen atoms in total. The number of aliphatic hydroxyl groups is 2. The first kappa shape index (κ1) is 68.2. The first-order valence-electron chi connectivity index (χ1n) is 30.3. The van der Waals surface area contributed by atoms with Gasteiger partial charge in [-0.05, 0) is 51.4 Å². The minimum absolute atomic E-state index is 0.0674. The molecule has 1 saturated heterocycles. The van der Waals surface area contributed by atoms with E-state index in [1.807, 2.05) is 0 Å². The van der Waals surface area contributed by atoms with Crippen LogP contribution in [-0.2, 0) is 42.9 Å². The molecule has 0 aliphatic carbocycles. The normalized spacial score (nSPS) is 18.4. The van der Waals surface area contributed by atoms with Gasteiger partial charge in [-0.2, -0.15) is 0 Å². The van der Waals surface area contributed by atoms with E-state index >= 15 is 0 Å². The second-order valence-electron chi connectivity index (χ2n) is 21.0. The standard InChI is InChI=1S/C61H110O12/c1-4-7-10-13-16-19-21-23-25-26-27-28-30-31-33-36-38-41-44-47-53(62)69-50-52(71-54(63)48-45-42-39-35-18-15-12-9-6-3)51-70-61-59(57(66)56(65)58(73-61)60(67)68)72-55(64)49-46-43-40-37-34-32-29-24-22-20-17-14-11-8-5-2/h16,19,23,25,52,56-59,61,65-66H,4-15,17-18,20-22,24,26-51H2,1-3H3,(H,67,68)/b19-16-,25-23-. The summed E-state index contributed by atoms with van der Waals surface area (Å²) in [4.78, 5) is 51.0. The van der Waals surface area contributed by atoms with Crippen molar-refractivity contribution in [1.29, 1.82) is 0 Å². The van der Waals surface area contributed by atoms with Crippen molar-refractivity contribution in [2.45, 2.75) is 327 Å². The summed E-state index contributed by atoms with van der Waals surface area (Å²) in [5, 5.41) is 31.4. The molecule has 0 saturated carbocycles. The van der Waals surface area contributed by atoms with E-state index in [4.69, 9.17) is 23.7 Å². The highest BCUT2D eigenvalue weighted by atomic mass is 16.7. The van der Waals surface area contributed by atoms with Gasteiger partial charge in [-0.1, -0.05) is 244 Å². The van der Waals surface area contributed by atoms with Gasteiger partial charge in [0.1, 0.15) is 18.8 Å². The minimum atomic E-state index is -1.90. The molecule has 1 rings (SSSR count). The summed E-state index contributed by atoms with van der Waals surface area (Å²) in [6.07, 6.45) is 44.4. The van der Waals surface area contributed by atoms with Gasteiger partial charge < -0.3 is 39.0 Å². The summed E-state index contributed by atoms with van der Waals surface area (Å²) < 4.78 is 28.4. The number of carbonyl (C=O) groups is 4. The molecule has 0 aromatic heterocycles. The van der Waals surface area contributed by atoms with Crippen molar-refractivity contribution in [3.63, 3.8) is 0 Å². The Morgan fingerprint density at radius 1 is 0.452 bits per heavy atom. The molecule has 1 fully saturated rings. The van der Waals surface area contributed by atoms with Crippen LogP contribution < -0.4 is 0 Å². The Labute approximate surface area is 445 Å². The summed E-state index contributed by atoms with van der Waals surface area (Å²) >= 11 is 0. The van der Waals surface area contributed by atoms with Crippen molar-refractivity contribution in [3.05, 3.63) is 24.3 Å². The Morgan fingerprint density at radius 3 is 1.26 bits per heavy atom. The fourth-order valence-electron chi connectivity index (χ4n) is 9.34. The number of carboxylic acid groups (broad SMARTS) is 1. The number of hydrogen-bond donors (Lipinski definition) is 3. The van der Waals surface area contributed by atoms with Crippen LogP contribution in [0.4, 0.5) is 0 Å². The third kappa shape index (κ3) is 40.2. The van der Waals surface area contributed by atoms with Crippen LogP contribution in [0.2, 0.25) is 0 Å². The van der Waals surface area contributed by atoms with E-state index in [0.717, 1.165) is 70.6 Å². The van der Waals surface area contributed by atoms with Crippen molar-refractivity contribution >= 4 is 23.9 Å². The molecule has 0 amide bonds. The molecule has 6 unspecified atom stereocenters. The van der Waals surface area contributed by atoms with Gasteiger partial charge >= 0.3 is 23.9 Å². The zero-order valence-corrected chi connectivity index (χ0v) is 46.9. The van der Waals surface area contributed by atoms with Crippen LogP contribution in [0.3, 0.4) is 0 Å². The second-order valence-corrected chi connectivity index (χ2v) is 21.0. The number of carbonyl (C=O) groups excluding carboxylic acids is 3. The molecule has 1 aliphatic rings. The average Bonchev–Trinajstić information content (AvgIpc) is 3.37. The van der Waals surface area contributed by atoms with E-state index in [-0.39, 0.29) is 25.9 Å². The number of aliphatic carboxylic acids is 1. The fourth-order valence-corrected chi connectivity index (χ4v) is 9.34. The van der Waals surface area contributed by atoms with Crippen molar-refractivity contribution in [2.24, 2.45) is 0 Å². The molecule has 426 valence electrons. The van der Waals surface area contributed by atoms with Crippen LogP contribution in [0, 0.1) is 0 Å². The van der Waals surface area contributed by atoms with Crippen molar-refractivity contribution in [1.82, 2.24) is 0 Å². The Morgan fingerprint density at radius 2 is 0.822 bits per heavy atom. The molecule has 1 heterocycles. The zero-order chi connectivity index (χ0) is 53.3. The van der Waals surface area contributed by atoms with Crippen molar-refractivity contribution in [2.75, 3.05) is 13.2 Å². The Hall–Kier alpha value is -2.80. The molecule has 6 atom stereocenters. The first-order chi connectivity index (χ1) is 35.6. The molecule has 3 N–H and O–H groups in total. The molecular weight excluding hydrogens is 925 g/mol. The second kappa shape index (κ2) is 50.0. The topological polar surface area (TPSA) is 175 Å².